The van der Waals surface area contributed by atoms with Crippen molar-refractivity contribution in [2.24, 2.45) is 5.92 Å². The van der Waals surface area contributed by atoms with Crippen molar-refractivity contribution in [3.63, 3.8) is 0 Å². The maximum atomic E-state index is 12.5. The molecule has 2 aliphatic heterocycles. The Morgan fingerprint density at radius 3 is 2.89 bits per heavy atom. The Kier molecular flexibility index (Phi) is 5.88. The zero-order valence-corrected chi connectivity index (χ0v) is 16.7. The number of carbonyl (C=O) groups excluding carboxylic acids is 2. The quantitative estimate of drug-likeness (QED) is 0.779. The molecule has 1 aromatic carbocycles. The standard InChI is InChI=1S/C23H32N2O3/c26-21-11-4-10-19-17-20(12-14-23(19)13-6-16-25(21)23)28-22(27)24-15-5-9-18-7-2-1-3-8-18/h1-3,7-8,19-20H,4-6,9-17H2,(H,24,27)/t19-,20+,23+/m0/s1. The van der Waals surface area contributed by atoms with Gasteiger partial charge in [-0.3, -0.25) is 4.79 Å². The number of hydrogen-bond donors (Lipinski definition) is 1. The van der Waals surface area contributed by atoms with Crippen molar-refractivity contribution in [1.29, 1.82) is 0 Å². The van der Waals surface area contributed by atoms with Crippen LogP contribution in [0.3, 0.4) is 0 Å². The van der Waals surface area contributed by atoms with Gasteiger partial charge in [-0.15, -0.1) is 0 Å². The van der Waals surface area contributed by atoms with E-state index in [-0.39, 0.29) is 17.7 Å². The van der Waals surface area contributed by atoms with Crippen LogP contribution in [0.4, 0.5) is 4.79 Å². The molecule has 28 heavy (non-hydrogen) atoms. The van der Waals surface area contributed by atoms with Crippen molar-refractivity contribution in [2.75, 3.05) is 13.1 Å². The highest BCUT2D eigenvalue weighted by atomic mass is 16.6. The van der Waals surface area contributed by atoms with Gasteiger partial charge in [-0.05, 0) is 69.3 Å². The second-order valence-electron chi connectivity index (χ2n) is 8.66. The van der Waals surface area contributed by atoms with E-state index in [1.54, 1.807) is 0 Å². The normalized spacial score (nSPS) is 29.6. The Labute approximate surface area is 167 Å². The third-order valence-electron chi connectivity index (χ3n) is 7.01. The molecule has 0 unspecified atom stereocenters. The van der Waals surface area contributed by atoms with E-state index in [0.29, 0.717) is 24.8 Å². The minimum atomic E-state index is -0.290. The summed E-state index contributed by atoms with van der Waals surface area (Å²) in [5.74, 6) is 0.821. The smallest absolute Gasteiger partial charge is 0.407 e. The predicted molar refractivity (Wildman–Crippen MR) is 108 cm³/mol. The summed E-state index contributed by atoms with van der Waals surface area (Å²) in [6.45, 7) is 1.55. The van der Waals surface area contributed by atoms with Gasteiger partial charge in [0.25, 0.3) is 0 Å². The molecule has 5 nitrogen and oxygen atoms in total. The first-order chi connectivity index (χ1) is 13.7. The molecule has 152 valence electrons. The molecule has 0 bridgehead atoms. The average molecular weight is 385 g/mol. The largest absolute Gasteiger partial charge is 0.446 e. The van der Waals surface area contributed by atoms with Crippen molar-refractivity contribution < 1.29 is 14.3 Å². The number of aryl methyl sites for hydroxylation is 1. The van der Waals surface area contributed by atoms with Crippen molar-refractivity contribution in [3.05, 3.63) is 35.9 Å². The van der Waals surface area contributed by atoms with E-state index in [4.69, 9.17) is 4.74 Å². The SMILES string of the molecule is O=C(NCCCc1ccccc1)O[C@@H]1CC[C@@]23CCCN2C(=O)CCC[C@H]3C1. The fraction of sp³-hybridized carbons (Fsp3) is 0.652. The second kappa shape index (κ2) is 8.54. The number of rotatable bonds is 5. The first kappa shape index (κ1) is 19.3. The molecule has 0 aromatic heterocycles. The van der Waals surface area contributed by atoms with Crippen LogP contribution in [0.2, 0.25) is 0 Å². The molecule has 2 amide bonds. The average Bonchev–Trinajstić information content (AvgIpc) is 3.08. The number of benzene rings is 1. The van der Waals surface area contributed by atoms with Gasteiger partial charge in [-0.25, -0.2) is 4.79 Å². The van der Waals surface area contributed by atoms with Crippen LogP contribution in [0.5, 0.6) is 0 Å². The Morgan fingerprint density at radius 2 is 2.04 bits per heavy atom. The van der Waals surface area contributed by atoms with Gasteiger partial charge in [0.2, 0.25) is 5.91 Å². The molecule has 1 aliphatic carbocycles. The van der Waals surface area contributed by atoms with E-state index < -0.39 is 0 Å². The molecule has 1 aromatic rings. The Balaban J connectivity index is 1.24. The fourth-order valence-corrected chi connectivity index (χ4v) is 5.68. The van der Waals surface area contributed by atoms with Crippen molar-refractivity contribution >= 4 is 12.0 Å². The maximum absolute atomic E-state index is 12.5. The van der Waals surface area contributed by atoms with Crippen LogP contribution >= 0.6 is 0 Å². The molecule has 0 radical (unpaired) electrons. The lowest BCUT2D eigenvalue weighted by molar-refractivity contribution is -0.138. The van der Waals surface area contributed by atoms with Crippen molar-refractivity contribution in [2.45, 2.75) is 75.9 Å². The van der Waals surface area contributed by atoms with Crippen molar-refractivity contribution in [3.8, 4) is 0 Å². The number of nitrogens with one attached hydrogen (secondary N) is 1. The lowest BCUT2D eigenvalue weighted by Gasteiger charge is -2.48. The van der Waals surface area contributed by atoms with E-state index in [1.165, 1.54) is 5.56 Å². The van der Waals surface area contributed by atoms with Gasteiger partial charge in [0.1, 0.15) is 6.10 Å². The molecule has 1 saturated carbocycles. The Hall–Kier alpha value is -2.04. The third-order valence-corrected chi connectivity index (χ3v) is 7.01. The summed E-state index contributed by atoms with van der Waals surface area (Å²) in [5, 5.41) is 2.91. The molecular weight excluding hydrogens is 352 g/mol. The summed E-state index contributed by atoms with van der Waals surface area (Å²) in [7, 11) is 0. The van der Waals surface area contributed by atoms with Crippen LogP contribution in [0, 0.1) is 5.92 Å². The molecular formula is C23H32N2O3. The summed E-state index contributed by atoms with van der Waals surface area (Å²) < 4.78 is 5.75. The van der Waals surface area contributed by atoms with E-state index in [1.807, 2.05) is 18.2 Å². The van der Waals surface area contributed by atoms with Gasteiger partial charge in [0.15, 0.2) is 0 Å². The van der Waals surface area contributed by atoms with Crippen LogP contribution in [0.1, 0.15) is 63.4 Å². The minimum Gasteiger partial charge on any atom is -0.446 e. The highest BCUT2D eigenvalue weighted by molar-refractivity contribution is 5.78. The van der Waals surface area contributed by atoms with Crippen molar-refractivity contribution in [1.82, 2.24) is 10.2 Å². The summed E-state index contributed by atoms with van der Waals surface area (Å²) >= 11 is 0. The number of carbonyl (C=O) groups is 2. The molecule has 5 heteroatoms. The van der Waals surface area contributed by atoms with Crippen LogP contribution < -0.4 is 5.32 Å². The summed E-state index contributed by atoms with van der Waals surface area (Å²) in [5.41, 5.74) is 1.35. The summed E-state index contributed by atoms with van der Waals surface area (Å²) in [4.78, 5) is 26.9. The van der Waals surface area contributed by atoms with E-state index in [9.17, 15) is 9.59 Å². The Bertz CT molecular complexity index is 692. The highest BCUT2D eigenvalue weighted by Crippen LogP contribution is 2.49. The molecule has 3 atom stereocenters. The number of amides is 2. The molecule has 3 fully saturated rings. The monoisotopic (exact) mass is 384 g/mol. The van der Waals surface area contributed by atoms with Gasteiger partial charge in [0, 0.05) is 25.0 Å². The topological polar surface area (TPSA) is 58.6 Å². The first-order valence-electron chi connectivity index (χ1n) is 11.0. The van der Waals surface area contributed by atoms with Gasteiger partial charge in [-0.1, -0.05) is 30.3 Å². The van der Waals surface area contributed by atoms with Gasteiger partial charge >= 0.3 is 6.09 Å². The Morgan fingerprint density at radius 1 is 1.18 bits per heavy atom. The van der Waals surface area contributed by atoms with Crippen LogP contribution in [-0.4, -0.2) is 41.6 Å². The second-order valence-corrected chi connectivity index (χ2v) is 8.66. The first-order valence-corrected chi connectivity index (χ1v) is 11.0. The third kappa shape index (κ3) is 4.03. The summed E-state index contributed by atoms with van der Waals surface area (Å²) in [6.07, 6.45) is 9.31. The maximum Gasteiger partial charge on any atom is 0.407 e. The van der Waals surface area contributed by atoms with Gasteiger partial charge < -0.3 is 15.0 Å². The van der Waals surface area contributed by atoms with Crippen LogP contribution in [0.15, 0.2) is 30.3 Å². The zero-order chi connectivity index (χ0) is 19.4. The van der Waals surface area contributed by atoms with Crippen LogP contribution in [-0.2, 0) is 16.0 Å². The lowest BCUT2D eigenvalue weighted by Crippen LogP contribution is -2.54. The number of ether oxygens (including phenoxy) is 1. The molecule has 1 spiro atoms. The van der Waals surface area contributed by atoms with E-state index in [0.717, 1.165) is 64.3 Å². The molecule has 2 saturated heterocycles. The lowest BCUT2D eigenvalue weighted by atomic mass is 9.69. The van der Waals surface area contributed by atoms with Crippen LogP contribution in [0.25, 0.3) is 0 Å². The minimum absolute atomic E-state index is 0.0135. The van der Waals surface area contributed by atoms with E-state index in [2.05, 4.69) is 22.3 Å². The number of nitrogens with zero attached hydrogens (tertiary/aromatic N) is 1. The van der Waals surface area contributed by atoms with Gasteiger partial charge in [-0.2, -0.15) is 0 Å². The predicted octanol–water partition coefficient (Wildman–Crippen LogP) is 4.06. The molecule has 1 N–H and O–H groups in total. The molecule has 3 aliphatic rings. The molecule has 2 heterocycles. The number of alkyl carbamates (subject to hydrolysis) is 1. The zero-order valence-electron chi connectivity index (χ0n) is 16.7. The summed E-state index contributed by atoms with van der Waals surface area (Å²) in [6, 6.07) is 10.3. The number of hydrogen-bond acceptors (Lipinski definition) is 3. The fourth-order valence-electron chi connectivity index (χ4n) is 5.68. The van der Waals surface area contributed by atoms with E-state index >= 15 is 0 Å². The van der Waals surface area contributed by atoms with Gasteiger partial charge in [0.05, 0.1) is 0 Å². The highest BCUT2D eigenvalue weighted by Gasteiger charge is 2.52. The molecule has 4 rings (SSSR count).